The molecular formula is C5H8F2O2. The molecule has 0 radical (unpaired) electrons. The molecule has 2 nitrogen and oxygen atoms in total. The molecule has 9 heavy (non-hydrogen) atoms. The number of hydrogen-bond acceptors (Lipinski definition) is 2. The van der Waals surface area contributed by atoms with E-state index >= 15 is 0 Å². The van der Waals surface area contributed by atoms with Crippen LogP contribution in [-0.4, -0.2) is 22.4 Å². The molecular weight excluding hydrogens is 130 g/mol. The van der Waals surface area contributed by atoms with Gasteiger partial charge in [-0.3, -0.25) is 0 Å². The fraction of sp³-hybridized carbons (Fsp3) is 0.600. The zero-order valence-electron chi connectivity index (χ0n) is 4.88. The molecule has 4 heteroatoms. The van der Waals surface area contributed by atoms with Gasteiger partial charge in [0.15, 0.2) is 0 Å². The Morgan fingerprint density at radius 1 is 1.44 bits per heavy atom. The third-order valence-corrected chi connectivity index (χ3v) is 0.733. The second-order valence-corrected chi connectivity index (χ2v) is 1.55. The summed E-state index contributed by atoms with van der Waals surface area (Å²) in [6.45, 7) is 1.37. The molecule has 0 rings (SSSR count). The van der Waals surface area contributed by atoms with Crippen molar-refractivity contribution in [1.29, 1.82) is 0 Å². The topological polar surface area (TPSA) is 40.5 Å². The summed E-state index contributed by atoms with van der Waals surface area (Å²) >= 11 is 0. The highest BCUT2D eigenvalue weighted by atomic mass is 19.3. The first-order chi connectivity index (χ1) is 4.00. The van der Waals surface area contributed by atoms with Gasteiger partial charge in [0.25, 0.3) is 0 Å². The van der Waals surface area contributed by atoms with E-state index in [2.05, 4.69) is 0 Å². The minimum atomic E-state index is -3.52. The molecule has 0 atom stereocenters. The molecule has 0 amide bonds. The average Bonchev–Trinajstić information content (AvgIpc) is 1.65. The lowest BCUT2D eigenvalue weighted by Crippen LogP contribution is -2.30. The van der Waals surface area contributed by atoms with Crippen LogP contribution in [0, 0.1) is 0 Å². The number of alkyl halides is 2. The van der Waals surface area contributed by atoms with E-state index in [1.165, 1.54) is 6.92 Å². The Morgan fingerprint density at radius 3 is 2.00 bits per heavy atom. The lowest BCUT2D eigenvalue weighted by molar-refractivity contribution is -0.181. The number of allylic oxidation sites excluding steroid dienone is 1. The van der Waals surface area contributed by atoms with Crippen molar-refractivity contribution >= 4 is 0 Å². The summed E-state index contributed by atoms with van der Waals surface area (Å²) in [5.41, 5.74) is 0. The van der Waals surface area contributed by atoms with Crippen molar-refractivity contribution in [2.75, 3.05) is 0 Å². The van der Waals surface area contributed by atoms with Crippen LogP contribution >= 0.6 is 0 Å². The zero-order chi connectivity index (χ0) is 7.49. The van der Waals surface area contributed by atoms with E-state index in [1.54, 1.807) is 0 Å². The van der Waals surface area contributed by atoms with Gasteiger partial charge in [0.1, 0.15) is 0 Å². The van der Waals surface area contributed by atoms with Gasteiger partial charge in [-0.2, -0.15) is 8.78 Å². The molecule has 0 aliphatic carbocycles. The monoisotopic (exact) mass is 138 g/mol. The molecule has 0 aliphatic heterocycles. The first-order valence-electron chi connectivity index (χ1n) is 2.38. The highest BCUT2D eigenvalue weighted by Crippen LogP contribution is 2.17. The second-order valence-electron chi connectivity index (χ2n) is 1.55. The van der Waals surface area contributed by atoms with Crippen LogP contribution in [-0.2, 0) is 0 Å². The van der Waals surface area contributed by atoms with Gasteiger partial charge >= 0.3 is 5.92 Å². The Labute approximate surface area is 51.4 Å². The number of hydrogen-bond donors (Lipinski definition) is 2. The molecule has 0 spiro atoms. The number of rotatable bonds is 2. The SMILES string of the molecule is C/C=C/C(F)(F)C(O)O. The van der Waals surface area contributed by atoms with Crippen LogP contribution in [0.2, 0.25) is 0 Å². The summed E-state index contributed by atoms with van der Waals surface area (Å²) in [6, 6.07) is 0. The van der Waals surface area contributed by atoms with Crippen molar-refractivity contribution in [3.63, 3.8) is 0 Å². The third-order valence-electron chi connectivity index (χ3n) is 0.733. The van der Waals surface area contributed by atoms with Gasteiger partial charge in [0.2, 0.25) is 6.29 Å². The van der Waals surface area contributed by atoms with Crippen LogP contribution in [0.25, 0.3) is 0 Å². The molecule has 0 saturated heterocycles. The van der Waals surface area contributed by atoms with Gasteiger partial charge in [-0.25, -0.2) is 0 Å². The third kappa shape index (κ3) is 2.53. The quantitative estimate of drug-likeness (QED) is 0.431. The largest absolute Gasteiger partial charge is 0.363 e. The summed E-state index contributed by atoms with van der Waals surface area (Å²) in [5, 5.41) is 15.9. The van der Waals surface area contributed by atoms with E-state index in [9.17, 15) is 8.78 Å². The molecule has 54 valence electrons. The van der Waals surface area contributed by atoms with Crippen molar-refractivity contribution < 1.29 is 19.0 Å². The number of aliphatic hydroxyl groups is 2. The Morgan fingerprint density at radius 2 is 1.89 bits per heavy atom. The van der Waals surface area contributed by atoms with Crippen molar-refractivity contribution in [3.8, 4) is 0 Å². The van der Waals surface area contributed by atoms with E-state index in [1.807, 2.05) is 0 Å². The normalized spacial score (nSPS) is 13.6. The fourth-order valence-electron chi connectivity index (χ4n) is 0.308. The molecule has 0 fully saturated rings. The summed E-state index contributed by atoms with van der Waals surface area (Å²) in [7, 11) is 0. The Bertz CT molecular complexity index is 110. The van der Waals surface area contributed by atoms with E-state index in [0.29, 0.717) is 6.08 Å². The zero-order valence-corrected chi connectivity index (χ0v) is 4.88. The van der Waals surface area contributed by atoms with Gasteiger partial charge in [-0.1, -0.05) is 6.08 Å². The summed E-state index contributed by atoms with van der Waals surface area (Å²) in [4.78, 5) is 0. The van der Waals surface area contributed by atoms with Crippen molar-refractivity contribution in [2.45, 2.75) is 19.1 Å². The molecule has 0 aromatic heterocycles. The Balaban J connectivity index is 4.01. The summed E-state index contributed by atoms with van der Waals surface area (Å²) < 4.78 is 23.9. The van der Waals surface area contributed by atoms with Gasteiger partial charge < -0.3 is 10.2 Å². The van der Waals surface area contributed by atoms with Gasteiger partial charge in [0.05, 0.1) is 0 Å². The predicted molar refractivity (Wildman–Crippen MR) is 28.0 cm³/mol. The maximum Gasteiger partial charge on any atom is 0.315 e. The molecule has 0 unspecified atom stereocenters. The highest BCUT2D eigenvalue weighted by Gasteiger charge is 2.33. The summed E-state index contributed by atoms with van der Waals surface area (Å²) in [5.74, 6) is -3.52. The number of halogens is 2. The maximum atomic E-state index is 12.0. The predicted octanol–water partition coefficient (Wildman–Crippen LogP) is 0.508. The van der Waals surface area contributed by atoms with Crippen LogP contribution in [0.15, 0.2) is 12.2 Å². The molecule has 0 aromatic rings. The number of aliphatic hydroxyl groups excluding tert-OH is 1. The van der Waals surface area contributed by atoms with Crippen LogP contribution in [0.4, 0.5) is 8.78 Å². The van der Waals surface area contributed by atoms with Crippen molar-refractivity contribution in [1.82, 2.24) is 0 Å². The lowest BCUT2D eigenvalue weighted by Gasteiger charge is -2.12. The molecule has 0 aromatic carbocycles. The van der Waals surface area contributed by atoms with Gasteiger partial charge in [-0.05, 0) is 13.0 Å². The van der Waals surface area contributed by atoms with Crippen molar-refractivity contribution in [3.05, 3.63) is 12.2 Å². The molecule has 0 aliphatic rings. The standard InChI is InChI=1S/C5H8F2O2/c1-2-3-5(6,7)4(8)9/h2-4,8-9H,1H3/b3-2+. The minimum absolute atomic E-state index is 0.428. The fourth-order valence-corrected chi connectivity index (χ4v) is 0.308. The van der Waals surface area contributed by atoms with E-state index < -0.39 is 12.2 Å². The first kappa shape index (κ1) is 8.52. The van der Waals surface area contributed by atoms with E-state index in [0.717, 1.165) is 6.08 Å². The molecule has 0 saturated carbocycles. The highest BCUT2D eigenvalue weighted by molar-refractivity contribution is 4.93. The smallest absolute Gasteiger partial charge is 0.315 e. The Hall–Kier alpha value is -0.480. The maximum absolute atomic E-state index is 12.0. The van der Waals surface area contributed by atoms with Gasteiger partial charge in [-0.15, -0.1) is 0 Å². The van der Waals surface area contributed by atoms with E-state index in [-0.39, 0.29) is 0 Å². The molecule has 0 bridgehead atoms. The van der Waals surface area contributed by atoms with Crippen LogP contribution < -0.4 is 0 Å². The average molecular weight is 138 g/mol. The Kier molecular flexibility index (Phi) is 2.73. The first-order valence-corrected chi connectivity index (χ1v) is 2.38. The van der Waals surface area contributed by atoms with Crippen LogP contribution in [0.5, 0.6) is 0 Å². The molecule has 2 N–H and O–H groups in total. The molecule has 0 heterocycles. The van der Waals surface area contributed by atoms with Crippen LogP contribution in [0.1, 0.15) is 6.92 Å². The van der Waals surface area contributed by atoms with E-state index in [4.69, 9.17) is 10.2 Å². The minimum Gasteiger partial charge on any atom is -0.363 e. The summed E-state index contributed by atoms with van der Waals surface area (Å²) in [6.07, 6.45) is -1.12. The van der Waals surface area contributed by atoms with Crippen molar-refractivity contribution in [2.24, 2.45) is 0 Å². The van der Waals surface area contributed by atoms with Crippen LogP contribution in [0.3, 0.4) is 0 Å². The lowest BCUT2D eigenvalue weighted by atomic mass is 10.3. The second kappa shape index (κ2) is 2.89. The van der Waals surface area contributed by atoms with Gasteiger partial charge in [0, 0.05) is 0 Å².